The van der Waals surface area contributed by atoms with Crippen molar-refractivity contribution in [3.8, 4) is 0 Å². The van der Waals surface area contributed by atoms with Crippen LogP contribution >= 0.6 is 0 Å². The minimum absolute atomic E-state index is 0.513. The first-order valence-electron chi connectivity index (χ1n) is 8.11. The molecular weight excluding hydrogens is 242 g/mol. The minimum atomic E-state index is 0.513. The SMILES string of the molecule is C=CCCCCCC(NCCC)c1cccc(C)c1C. The monoisotopic (exact) mass is 273 g/mol. The maximum atomic E-state index is 3.79. The summed E-state index contributed by atoms with van der Waals surface area (Å²) in [5, 5.41) is 3.72. The van der Waals surface area contributed by atoms with Crippen LogP contribution in [-0.4, -0.2) is 6.54 Å². The van der Waals surface area contributed by atoms with Gasteiger partial charge in [-0.3, -0.25) is 0 Å². The molecule has 0 fully saturated rings. The summed E-state index contributed by atoms with van der Waals surface area (Å²) >= 11 is 0. The number of rotatable bonds is 10. The van der Waals surface area contributed by atoms with E-state index in [0.29, 0.717) is 6.04 Å². The summed E-state index contributed by atoms with van der Waals surface area (Å²) in [6.07, 6.45) is 9.48. The lowest BCUT2D eigenvalue weighted by atomic mass is 9.93. The predicted molar refractivity (Wildman–Crippen MR) is 90.2 cm³/mol. The number of hydrogen-bond acceptors (Lipinski definition) is 1. The molecule has 0 saturated carbocycles. The van der Waals surface area contributed by atoms with Crippen molar-refractivity contribution in [2.45, 2.75) is 65.3 Å². The van der Waals surface area contributed by atoms with Gasteiger partial charge in [-0.25, -0.2) is 0 Å². The molecule has 1 rings (SSSR count). The molecule has 20 heavy (non-hydrogen) atoms. The maximum Gasteiger partial charge on any atom is 0.0322 e. The third-order valence-corrected chi connectivity index (χ3v) is 4.06. The van der Waals surface area contributed by atoms with Gasteiger partial charge in [-0.1, -0.05) is 44.0 Å². The van der Waals surface area contributed by atoms with Gasteiger partial charge >= 0.3 is 0 Å². The maximum absolute atomic E-state index is 3.79. The van der Waals surface area contributed by atoms with Crippen molar-refractivity contribution in [2.24, 2.45) is 0 Å². The largest absolute Gasteiger partial charge is 0.310 e. The van der Waals surface area contributed by atoms with Crippen LogP contribution in [0.1, 0.15) is 68.2 Å². The summed E-state index contributed by atoms with van der Waals surface area (Å²) in [5.41, 5.74) is 4.34. The lowest BCUT2D eigenvalue weighted by Gasteiger charge is -2.22. The zero-order valence-corrected chi connectivity index (χ0v) is 13.5. The van der Waals surface area contributed by atoms with Gasteiger partial charge < -0.3 is 5.32 Å². The van der Waals surface area contributed by atoms with Gasteiger partial charge in [-0.15, -0.1) is 6.58 Å². The smallest absolute Gasteiger partial charge is 0.0322 e. The second-order valence-corrected chi connectivity index (χ2v) is 5.72. The molecule has 0 heterocycles. The molecule has 1 aromatic carbocycles. The van der Waals surface area contributed by atoms with Crippen molar-refractivity contribution in [1.29, 1.82) is 0 Å². The summed E-state index contributed by atoms with van der Waals surface area (Å²) in [4.78, 5) is 0. The average molecular weight is 273 g/mol. The molecule has 0 spiro atoms. The van der Waals surface area contributed by atoms with Gasteiger partial charge in [0.1, 0.15) is 0 Å². The Morgan fingerprint density at radius 1 is 1.20 bits per heavy atom. The van der Waals surface area contributed by atoms with Crippen molar-refractivity contribution >= 4 is 0 Å². The van der Waals surface area contributed by atoms with Crippen LogP contribution in [0.25, 0.3) is 0 Å². The summed E-state index contributed by atoms with van der Waals surface area (Å²) < 4.78 is 0. The molecule has 0 aromatic heterocycles. The van der Waals surface area contributed by atoms with E-state index in [9.17, 15) is 0 Å². The first kappa shape index (κ1) is 17.0. The van der Waals surface area contributed by atoms with Crippen LogP contribution in [-0.2, 0) is 0 Å². The molecule has 0 aliphatic rings. The Balaban J connectivity index is 2.63. The Bertz CT molecular complexity index is 395. The van der Waals surface area contributed by atoms with Crippen LogP contribution in [0.2, 0.25) is 0 Å². The van der Waals surface area contributed by atoms with Crippen molar-refractivity contribution in [3.05, 3.63) is 47.5 Å². The van der Waals surface area contributed by atoms with Crippen molar-refractivity contribution < 1.29 is 0 Å². The molecule has 0 amide bonds. The first-order valence-corrected chi connectivity index (χ1v) is 8.11. The Morgan fingerprint density at radius 2 is 2.00 bits per heavy atom. The fraction of sp³-hybridized carbons (Fsp3) is 0.579. The first-order chi connectivity index (χ1) is 9.70. The van der Waals surface area contributed by atoms with E-state index in [4.69, 9.17) is 0 Å². The molecule has 1 N–H and O–H groups in total. The normalized spacial score (nSPS) is 12.3. The zero-order valence-electron chi connectivity index (χ0n) is 13.5. The third kappa shape index (κ3) is 5.50. The number of aryl methyl sites for hydroxylation is 1. The van der Waals surface area contributed by atoms with E-state index >= 15 is 0 Å². The van der Waals surface area contributed by atoms with E-state index < -0.39 is 0 Å². The van der Waals surface area contributed by atoms with Crippen molar-refractivity contribution in [1.82, 2.24) is 5.32 Å². The summed E-state index contributed by atoms with van der Waals surface area (Å²) in [6.45, 7) is 11.6. The highest BCUT2D eigenvalue weighted by Crippen LogP contribution is 2.25. The molecule has 0 bridgehead atoms. The number of unbranched alkanes of at least 4 members (excludes halogenated alkanes) is 3. The van der Waals surface area contributed by atoms with E-state index in [-0.39, 0.29) is 0 Å². The summed E-state index contributed by atoms with van der Waals surface area (Å²) in [6, 6.07) is 7.20. The van der Waals surface area contributed by atoms with Crippen molar-refractivity contribution in [2.75, 3.05) is 6.54 Å². The molecule has 1 heteroatoms. The summed E-state index contributed by atoms with van der Waals surface area (Å²) in [5.74, 6) is 0. The number of nitrogens with one attached hydrogen (secondary N) is 1. The van der Waals surface area contributed by atoms with Gasteiger partial charge in [0, 0.05) is 6.04 Å². The van der Waals surface area contributed by atoms with Crippen LogP contribution in [0.3, 0.4) is 0 Å². The van der Waals surface area contributed by atoms with E-state index in [1.807, 2.05) is 6.08 Å². The van der Waals surface area contributed by atoms with Gasteiger partial charge in [0.15, 0.2) is 0 Å². The van der Waals surface area contributed by atoms with Gasteiger partial charge in [0.2, 0.25) is 0 Å². The molecule has 0 aliphatic heterocycles. The fourth-order valence-electron chi connectivity index (χ4n) is 2.65. The van der Waals surface area contributed by atoms with Gasteiger partial charge in [0.05, 0.1) is 0 Å². The van der Waals surface area contributed by atoms with E-state index in [1.54, 1.807) is 0 Å². The second-order valence-electron chi connectivity index (χ2n) is 5.72. The highest BCUT2D eigenvalue weighted by molar-refractivity contribution is 5.35. The average Bonchev–Trinajstić information content (AvgIpc) is 2.45. The van der Waals surface area contributed by atoms with Crippen LogP contribution in [0.15, 0.2) is 30.9 Å². The number of hydrogen-bond donors (Lipinski definition) is 1. The number of allylic oxidation sites excluding steroid dienone is 1. The van der Waals surface area contributed by atoms with Gasteiger partial charge in [-0.2, -0.15) is 0 Å². The molecule has 1 unspecified atom stereocenters. The molecule has 0 aliphatic carbocycles. The van der Waals surface area contributed by atoms with Crippen LogP contribution in [0, 0.1) is 13.8 Å². The van der Waals surface area contributed by atoms with Crippen LogP contribution < -0.4 is 5.32 Å². The van der Waals surface area contributed by atoms with E-state index in [0.717, 1.165) is 13.0 Å². The molecule has 1 nitrogen and oxygen atoms in total. The lowest BCUT2D eigenvalue weighted by molar-refractivity contribution is 0.470. The quantitative estimate of drug-likeness (QED) is 0.439. The molecule has 0 radical (unpaired) electrons. The van der Waals surface area contributed by atoms with Crippen LogP contribution in [0.5, 0.6) is 0 Å². The van der Waals surface area contributed by atoms with Gasteiger partial charge in [-0.05, 0) is 62.8 Å². The molecular formula is C19H31N. The molecule has 1 aromatic rings. The van der Waals surface area contributed by atoms with Crippen molar-refractivity contribution in [3.63, 3.8) is 0 Å². The van der Waals surface area contributed by atoms with Crippen LogP contribution in [0.4, 0.5) is 0 Å². The lowest BCUT2D eigenvalue weighted by Crippen LogP contribution is -2.23. The summed E-state index contributed by atoms with van der Waals surface area (Å²) in [7, 11) is 0. The fourth-order valence-corrected chi connectivity index (χ4v) is 2.65. The predicted octanol–water partition coefficient (Wildman–Crippen LogP) is 5.48. The zero-order chi connectivity index (χ0) is 14.8. The topological polar surface area (TPSA) is 12.0 Å². The Hall–Kier alpha value is -1.08. The Labute approximate surface area is 125 Å². The standard InChI is InChI=1S/C19H31N/c1-5-7-8-9-10-14-19(20-15-6-2)18-13-11-12-16(3)17(18)4/h5,11-13,19-20H,1,6-10,14-15H2,2-4H3. The Kier molecular flexibility index (Phi) is 8.29. The highest BCUT2D eigenvalue weighted by Gasteiger charge is 2.13. The minimum Gasteiger partial charge on any atom is -0.310 e. The van der Waals surface area contributed by atoms with E-state index in [1.165, 1.54) is 48.8 Å². The molecule has 1 atom stereocenters. The second kappa shape index (κ2) is 9.77. The molecule has 0 saturated heterocycles. The highest BCUT2D eigenvalue weighted by atomic mass is 14.9. The molecule has 112 valence electrons. The number of benzene rings is 1. The van der Waals surface area contributed by atoms with E-state index in [2.05, 4.69) is 50.9 Å². The Morgan fingerprint density at radius 3 is 2.70 bits per heavy atom. The third-order valence-electron chi connectivity index (χ3n) is 4.06. The van der Waals surface area contributed by atoms with Gasteiger partial charge in [0.25, 0.3) is 0 Å².